The second-order valence-corrected chi connectivity index (χ2v) is 4.05. The van der Waals surface area contributed by atoms with Gasteiger partial charge in [-0.25, -0.2) is 0 Å². The van der Waals surface area contributed by atoms with Crippen LogP contribution in [0.5, 0.6) is 0 Å². The zero-order valence-electron chi connectivity index (χ0n) is 8.98. The number of rotatable bonds is 5. The lowest BCUT2D eigenvalue weighted by atomic mass is 10.0. The molecule has 94 valence electrons. The Morgan fingerprint density at radius 3 is 2.59 bits per heavy atom. The highest BCUT2D eigenvalue weighted by Gasteiger charge is 2.20. The van der Waals surface area contributed by atoms with E-state index in [1.807, 2.05) is 0 Å². The van der Waals surface area contributed by atoms with Crippen molar-refractivity contribution in [1.29, 1.82) is 0 Å². The maximum atomic E-state index is 10.5. The lowest BCUT2D eigenvalue weighted by Gasteiger charge is -2.17. The summed E-state index contributed by atoms with van der Waals surface area (Å²) in [6, 6.07) is 3.88. The Labute approximate surface area is 104 Å². The van der Waals surface area contributed by atoms with E-state index in [1.165, 1.54) is 18.2 Å². The molecule has 0 aromatic heterocycles. The Morgan fingerprint density at radius 2 is 2.12 bits per heavy atom. The van der Waals surface area contributed by atoms with E-state index in [9.17, 15) is 20.3 Å². The number of anilines is 1. The highest BCUT2D eigenvalue weighted by Crippen LogP contribution is 2.27. The Morgan fingerprint density at radius 1 is 1.47 bits per heavy atom. The van der Waals surface area contributed by atoms with E-state index >= 15 is 0 Å². The van der Waals surface area contributed by atoms with E-state index < -0.39 is 17.1 Å². The minimum absolute atomic E-state index is 0.0374. The minimum Gasteiger partial charge on any atom is -0.393 e. The second-order valence-electron chi connectivity index (χ2n) is 3.60. The normalized spacial score (nSPS) is 14.3. The van der Waals surface area contributed by atoms with Crippen molar-refractivity contribution in [3.63, 3.8) is 0 Å². The fourth-order valence-electron chi connectivity index (χ4n) is 1.44. The molecular weight excluding hydrogens is 244 g/mol. The third kappa shape index (κ3) is 3.32. The third-order valence-corrected chi connectivity index (χ3v) is 2.64. The number of nitro groups is 1. The maximum absolute atomic E-state index is 10.5. The van der Waals surface area contributed by atoms with Crippen LogP contribution >= 0.6 is 12.6 Å². The monoisotopic (exact) mass is 258 g/mol. The van der Waals surface area contributed by atoms with E-state index in [2.05, 4.69) is 12.6 Å². The summed E-state index contributed by atoms with van der Waals surface area (Å²) in [4.78, 5) is 9.94. The predicted molar refractivity (Wildman–Crippen MR) is 66.9 cm³/mol. The van der Waals surface area contributed by atoms with Crippen LogP contribution in [0.4, 0.5) is 11.4 Å². The van der Waals surface area contributed by atoms with Gasteiger partial charge in [0.05, 0.1) is 11.0 Å². The van der Waals surface area contributed by atoms with Crippen molar-refractivity contribution in [3.8, 4) is 0 Å². The number of aliphatic hydroxyl groups excluding tert-OH is 2. The molecule has 0 aliphatic heterocycles. The molecule has 2 unspecified atom stereocenters. The molecule has 0 fully saturated rings. The fourth-order valence-corrected chi connectivity index (χ4v) is 1.70. The van der Waals surface area contributed by atoms with Gasteiger partial charge in [-0.05, 0) is 29.9 Å². The van der Waals surface area contributed by atoms with Crippen LogP contribution in [0.25, 0.3) is 0 Å². The number of hydrogen-bond acceptors (Lipinski definition) is 6. The number of nitrogen functional groups attached to an aromatic ring is 1. The van der Waals surface area contributed by atoms with E-state index in [1.54, 1.807) is 0 Å². The average Bonchev–Trinajstić information content (AvgIpc) is 2.27. The van der Waals surface area contributed by atoms with Crippen molar-refractivity contribution in [3.05, 3.63) is 33.9 Å². The number of hydrogen-bond donors (Lipinski definition) is 4. The number of nitrogens with two attached hydrogens (primary N) is 1. The molecule has 17 heavy (non-hydrogen) atoms. The Kier molecular flexibility index (Phi) is 4.73. The van der Waals surface area contributed by atoms with Crippen LogP contribution in [-0.4, -0.2) is 27.0 Å². The Balaban J connectivity index is 2.93. The van der Waals surface area contributed by atoms with Gasteiger partial charge in [-0.2, -0.15) is 12.6 Å². The third-order valence-electron chi connectivity index (χ3n) is 2.38. The molecule has 0 aliphatic rings. The summed E-state index contributed by atoms with van der Waals surface area (Å²) < 4.78 is 0. The predicted octanol–water partition coefficient (Wildman–Crippen LogP) is 0.891. The lowest BCUT2D eigenvalue weighted by Crippen LogP contribution is -2.18. The fraction of sp³-hybridized carbons (Fsp3) is 0.400. The van der Waals surface area contributed by atoms with Crippen molar-refractivity contribution in [2.24, 2.45) is 0 Å². The van der Waals surface area contributed by atoms with Gasteiger partial charge in [0.1, 0.15) is 11.8 Å². The average molecular weight is 258 g/mol. The zero-order chi connectivity index (χ0) is 13.0. The Bertz CT molecular complexity index is 413. The maximum Gasteiger partial charge on any atom is 0.292 e. The molecule has 0 heterocycles. The van der Waals surface area contributed by atoms with Gasteiger partial charge in [-0.1, -0.05) is 0 Å². The molecule has 0 aliphatic carbocycles. The molecule has 6 nitrogen and oxygen atoms in total. The van der Waals surface area contributed by atoms with Gasteiger partial charge in [0.25, 0.3) is 5.69 Å². The molecule has 2 atom stereocenters. The van der Waals surface area contributed by atoms with Crippen LogP contribution in [0.2, 0.25) is 0 Å². The number of benzene rings is 1. The first-order chi connectivity index (χ1) is 7.97. The van der Waals surface area contributed by atoms with Crippen LogP contribution in [0.3, 0.4) is 0 Å². The first-order valence-corrected chi connectivity index (χ1v) is 5.61. The van der Waals surface area contributed by atoms with Crippen LogP contribution in [0, 0.1) is 10.1 Å². The van der Waals surface area contributed by atoms with Crippen LogP contribution in [0.15, 0.2) is 18.2 Å². The summed E-state index contributed by atoms with van der Waals surface area (Å²) in [7, 11) is 0. The van der Waals surface area contributed by atoms with Crippen LogP contribution in [-0.2, 0) is 0 Å². The lowest BCUT2D eigenvalue weighted by molar-refractivity contribution is -0.383. The van der Waals surface area contributed by atoms with Crippen molar-refractivity contribution in [2.45, 2.75) is 18.6 Å². The summed E-state index contributed by atoms with van der Waals surface area (Å²) in [6.45, 7) is 0. The second kappa shape index (κ2) is 5.85. The van der Waals surface area contributed by atoms with Crippen LogP contribution < -0.4 is 5.73 Å². The zero-order valence-corrected chi connectivity index (χ0v) is 9.88. The molecule has 0 spiro atoms. The highest BCUT2D eigenvalue weighted by molar-refractivity contribution is 7.80. The quantitative estimate of drug-likeness (QED) is 0.271. The molecule has 1 aromatic rings. The summed E-state index contributed by atoms with van der Waals surface area (Å²) >= 11 is 3.95. The molecule has 0 radical (unpaired) electrons. The number of nitrogens with zero attached hydrogens (tertiary/aromatic N) is 1. The molecular formula is C10H14N2O4S. The van der Waals surface area contributed by atoms with Gasteiger partial charge in [-0.3, -0.25) is 10.1 Å². The summed E-state index contributed by atoms with van der Waals surface area (Å²) in [6.07, 6.45) is -1.76. The molecule has 7 heteroatoms. The van der Waals surface area contributed by atoms with Crippen molar-refractivity contribution < 1.29 is 15.1 Å². The van der Waals surface area contributed by atoms with Crippen molar-refractivity contribution in [2.75, 3.05) is 11.5 Å². The molecule has 0 saturated carbocycles. The smallest absolute Gasteiger partial charge is 0.292 e. The minimum atomic E-state index is -1.12. The Hall–Kier alpha value is -1.31. The first-order valence-electron chi connectivity index (χ1n) is 4.98. The van der Waals surface area contributed by atoms with Gasteiger partial charge in [-0.15, -0.1) is 0 Å². The summed E-state index contributed by atoms with van der Waals surface area (Å²) in [5, 5.41) is 29.9. The molecule has 4 N–H and O–H groups in total. The molecule has 1 rings (SSSR count). The number of aliphatic hydroxyl groups is 2. The summed E-state index contributed by atoms with van der Waals surface area (Å²) in [5.74, 6) is 0.431. The van der Waals surface area contributed by atoms with Gasteiger partial charge in [0, 0.05) is 6.07 Å². The van der Waals surface area contributed by atoms with E-state index in [0.717, 1.165) is 0 Å². The van der Waals surface area contributed by atoms with Crippen molar-refractivity contribution in [1.82, 2.24) is 0 Å². The van der Waals surface area contributed by atoms with Crippen molar-refractivity contribution >= 4 is 24.0 Å². The summed E-state index contributed by atoms with van der Waals surface area (Å²) in [5.41, 5.74) is 5.58. The number of nitro benzene ring substituents is 1. The van der Waals surface area contributed by atoms with Gasteiger partial charge < -0.3 is 15.9 Å². The SMILES string of the molecule is Nc1cc(C(O)C(O)CCS)ccc1[N+](=O)[O-]. The molecule has 0 bridgehead atoms. The van der Waals surface area contributed by atoms with Gasteiger partial charge in [0.15, 0.2) is 0 Å². The van der Waals surface area contributed by atoms with Gasteiger partial charge >= 0.3 is 0 Å². The standard InChI is InChI=1S/C10H14N2O4S/c11-7-5-6(1-2-8(7)12(15)16)10(14)9(13)3-4-17/h1-2,5,9-10,13-14,17H,3-4,11H2. The van der Waals surface area contributed by atoms with E-state index in [4.69, 9.17) is 5.73 Å². The molecule has 0 saturated heterocycles. The van der Waals surface area contributed by atoms with E-state index in [-0.39, 0.29) is 11.4 Å². The first kappa shape index (κ1) is 13.8. The van der Waals surface area contributed by atoms with Gasteiger partial charge in [0.2, 0.25) is 0 Å². The van der Waals surface area contributed by atoms with E-state index in [0.29, 0.717) is 17.7 Å². The molecule has 1 aromatic carbocycles. The topological polar surface area (TPSA) is 110 Å². The number of thiol groups is 1. The van der Waals surface area contributed by atoms with Crippen LogP contribution in [0.1, 0.15) is 18.1 Å². The molecule has 0 amide bonds. The largest absolute Gasteiger partial charge is 0.393 e. The highest BCUT2D eigenvalue weighted by atomic mass is 32.1.